The van der Waals surface area contributed by atoms with Crippen LogP contribution in [0.1, 0.15) is 29.8 Å². The Balaban J connectivity index is 1.37. The van der Waals surface area contributed by atoms with Crippen molar-refractivity contribution in [2.24, 2.45) is 5.92 Å². The highest BCUT2D eigenvalue weighted by molar-refractivity contribution is 7.15. The molecule has 2 aliphatic rings. The zero-order chi connectivity index (χ0) is 19.7. The maximum absolute atomic E-state index is 12.5. The molecule has 8 nitrogen and oxygen atoms in total. The Labute approximate surface area is 166 Å². The molecule has 1 N–H and O–H groups in total. The first-order chi connectivity index (χ1) is 13.6. The quantitative estimate of drug-likeness (QED) is 0.762. The van der Waals surface area contributed by atoms with Gasteiger partial charge < -0.3 is 19.7 Å². The standard InChI is InChI=1S/C19H22N4O4S/c1-26-14-6-3-11(7-15(14)27-2)8-16-21-22-19(28-16)20-18(25)12-9-17(24)23(10-12)13-4-5-13/h3,6-7,12-13H,4-5,8-10H2,1-2H3,(H,20,22,25)/t12-/m0/s1. The van der Waals surface area contributed by atoms with E-state index >= 15 is 0 Å². The summed E-state index contributed by atoms with van der Waals surface area (Å²) < 4.78 is 10.6. The normalized spacial score (nSPS) is 19.0. The molecule has 9 heteroatoms. The van der Waals surface area contributed by atoms with E-state index in [2.05, 4.69) is 15.5 Å². The molecular formula is C19H22N4O4S. The van der Waals surface area contributed by atoms with Gasteiger partial charge in [0, 0.05) is 25.4 Å². The lowest BCUT2D eigenvalue weighted by molar-refractivity contribution is -0.128. The van der Waals surface area contributed by atoms with E-state index in [-0.39, 0.29) is 24.2 Å². The van der Waals surface area contributed by atoms with Gasteiger partial charge in [-0.3, -0.25) is 9.59 Å². The Hall–Kier alpha value is -2.68. The third-order valence-corrected chi connectivity index (χ3v) is 5.86. The summed E-state index contributed by atoms with van der Waals surface area (Å²) in [5.74, 6) is 0.928. The van der Waals surface area contributed by atoms with Crippen LogP contribution in [0.4, 0.5) is 5.13 Å². The highest BCUT2D eigenvalue weighted by Crippen LogP contribution is 2.33. The molecule has 2 heterocycles. The molecule has 1 aliphatic heterocycles. The number of nitrogens with zero attached hydrogens (tertiary/aromatic N) is 3. The Morgan fingerprint density at radius 1 is 1.25 bits per heavy atom. The van der Waals surface area contributed by atoms with Crippen LogP contribution in [0, 0.1) is 5.92 Å². The monoisotopic (exact) mass is 402 g/mol. The number of rotatable bonds is 7. The third kappa shape index (κ3) is 3.94. The second-order valence-electron chi connectivity index (χ2n) is 7.03. The lowest BCUT2D eigenvalue weighted by atomic mass is 10.1. The SMILES string of the molecule is COc1ccc(Cc2nnc(NC(=O)[C@H]3CC(=O)N(C4CC4)C3)s2)cc1OC. The minimum Gasteiger partial charge on any atom is -0.493 e. The first kappa shape index (κ1) is 18.7. The molecule has 1 aromatic heterocycles. The van der Waals surface area contributed by atoms with Crippen LogP contribution >= 0.6 is 11.3 Å². The van der Waals surface area contributed by atoms with Crippen molar-refractivity contribution in [2.45, 2.75) is 31.7 Å². The maximum atomic E-state index is 12.5. The van der Waals surface area contributed by atoms with Gasteiger partial charge in [0.15, 0.2) is 11.5 Å². The molecule has 1 aliphatic carbocycles. The number of benzene rings is 1. The predicted octanol–water partition coefficient (Wildman–Crippen LogP) is 2.10. The average molecular weight is 402 g/mol. The number of carbonyl (C=O) groups excluding carboxylic acids is 2. The van der Waals surface area contributed by atoms with Crippen LogP contribution in [-0.4, -0.2) is 53.7 Å². The van der Waals surface area contributed by atoms with Crippen LogP contribution in [0.2, 0.25) is 0 Å². The van der Waals surface area contributed by atoms with Crippen LogP contribution in [0.5, 0.6) is 11.5 Å². The number of nitrogens with one attached hydrogen (secondary N) is 1. The second-order valence-corrected chi connectivity index (χ2v) is 8.10. The van der Waals surface area contributed by atoms with E-state index in [4.69, 9.17) is 9.47 Å². The van der Waals surface area contributed by atoms with Gasteiger partial charge in [0.1, 0.15) is 5.01 Å². The largest absolute Gasteiger partial charge is 0.493 e. The second kappa shape index (κ2) is 7.75. The molecule has 0 radical (unpaired) electrons. The minimum absolute atomic E-state index is 0.0778. The summed E-state index contributed by atoms with van der Waals surface area (Å²) in [6.45, 7) is 0.507. The molecule has 28 heavy (non-hydrogen) atoms. The zero-order valence-corrected chi connectivity index (χ0v) is 16.6. The number of methoxy groups -OCH3 is 2. The molecule has 1 atom stereocenters. The fourth-order valence-electron chi connectivity index (χ4n) is 3.39. The van der Waals surface area contributed by atoms with E-state index in [1.165, 1.54) is 11.3 Å². The van der Waals surface area contributed by atoms with Crippen LogP contribution in [-0.2, 0) is 16.0 Å². The first-order valence-electron chi connectivity index (χ1n) is 9.21. The predicted molar refractivity (Wildman–Crippen MR) is 104 cm³/mol. The van der Waals surface area contributed by atoms with Crippen molar-refractivity contribution >= 4 is 28.3 Å². The van der Waals surface area contributed by atoms with Gasteiger partial charge in [-0.25, -0.2) is 0 Å². The summed E-state index contributed by atoms with van der Waals surface area (Å²) in [6.07, 6.45) is 2.96. The number of ether oxygens (including phenoxy) is 2. The summed E-state index contributed by atoms with van der Waals surface area (Å²) in [6, 6.07) is 6.03. The fraction of sp³-hybridized carbons (Fsp3) is 0.474. The molecule has 148 valence electrons. The van der Waals surface area contributed by atoms with E-state index < -0.39 is 0 Å². The van der Waals surface area contributed by atoms with Crippen molar-refractivity contribution < 1.29 is 19.1 Å². The number of aromatic nitrogens is 2. The van der Waals surface area contributed by atoms with Crippen LogP contribution < -0.4 is 14.8 Å². The van der Waals surface area contributed by atoms with Crippen molar-refractivity contribution in [1.29, 1.82) is 0 Å². The molecule has 2 aromatic rings. The van der Waals surface area contributed by atoms with E-state index in [0.29, 0.717) is 35.6 Å². The van der Waals surface area contributed by atoms with Crippen molar-refractivity contribution in [3.63, 3.8) is 0 Å². The minimum atomic E-state index is -0.314. The highest BCUT2D eigenvalue weighted by atomic mass is 32.1. The molecule has 1 saturated carbocycles. The highest BCUT2D eigenvalue weighted by Gasteiger charge is 2.41. The number of amides is 2. The summed E-state index contributed by atoms with van der Waals surface area (Å²) >= 11 is 1.33. The van der Waals surface area contributed by atoms with E-state index in [0.717, 1.165) is 23.4 Å². The van der Waals surface area contributed by atoms with Gasteiger partial charge >= 0.3 is 0 Å². The van der Waals surface area contributed by atoms with Gasteiger partial charge in [0.25, 0.3) is 0 Å². The topological polar surface area (TPSA) is 93.7 Å². The summed E-state index contributed by atoms with van der Waals surface area (Å²) in [7, 11) is 3.19. The van der Waals surface area contributed by atoms with Gasteiger partial charge in [0.2, 0.25) is 16.9 Å². The summed E-state index contributed by atoms with van der Waals surface area (Å²) in [4.78, 5) is 26.4. The van der Waals surface area contributed by atoms with Gasteiger partial charge in [0.05, 0.1) is 20.1 Å². The van der Waals surface area contributed by atoms with E-state index in [9.17, 15) is 9.59 Å². The van der Waals surface area contributed by atoms with Crippen molar-refractivity contribution in [2.75, 3.05) is 26.1 Å². The smallest absolute Gasteiger partial charge is 0.231 e. The molecule has 0 unspecified atom stereocenters. The van der Waals surface area contributed by atoms with Crippen LogP contribution in [0.15, 0.2) is 18.2 Å². The maximum Gasteiger partial charge on any atom is 0.231 e. The molecule has 1 saturated heterocycles. The van der Waals surface area contributed by atoms with Crippen molar-refractivity contribution in [3.8, 4) is 11.5 Å². The van der Waals surface area contributed by atoms with E-state index in [1.807, 2.05) is 23.1 Å². The van der Waals surface area contributed by atoms with E-state index in [1.54, 1.807) is 14.2 Å². The molecule has 1 aromatic carbocycles. The average Bonchev–Trinajstić information content (AvgIpc) is 3.33. The third-order valence-electron chi connectivity index (χ3n) is 5.02. The lowest BCUT2D eigenvalue weighted by Crippen LogP contribution is -2.29. The van der Waals surface area contributed by atoms with Gasteiger partial charge in [-0.05, 0) is 30.5 Å². The van der Waals surface area contributed by atoms with Crippen LogP contribution in [0.25, 0.3) is 0 Å². The van der Waals surface area contributed by atoms with Gasteiger partial charge in [-0.2, -0.15) is 0 Å². The summed E-state index contributed by atoms with van der Waals surface area (Å²) in [5.41, 5.74) is 1.01. The van der Waals surface area contributed by atoms with Gasteiger partial charge in [-0.15, -0.1) is 10.2 Å². The van der Waals surface area contributed by atoms with Crippen LogP contribution in [0.3, 0.4) is 0 Å². The number of likely N-dealkylation sites (tertiary alicyclic amines) is 1. The Morgan fingerprint density at radius 2 is 2.04 bits per heavy atom. The Morgan fingerprint density at radius 3 is 2.75 bits per heavy atom. The van der Waals surface area contributed by atoms with Gasteiger partial charge in [-0.1, -0.05) is 17.4 Å². The zero-order valence-electron chi connectivity index (χ0n) is 15.8. The number of hydrogen-bond acceptors (Lipinski definition) is 7. The molecule has 0 spiro atoms. The molecular weight excluding hydrogens is 380 g/mol. The molecule has 4 rings (SSSR count). The van der Waals surface area contributed by atoms with Crippen molar-refractivity contribution in [1.82, 2.24) is 15.1 Å². The summed E-state index contributed by atoms with van der Waals surface area (Å²) in [5, 5.41) is 12.3. The number of hydrogen-bond donors (Lipinski definition) is 1. The lowest BCUT2D eigenvalue weighted by Gasteiger charge is -2.14. The Kier molecular flexibility index (Phi) is 5.17. The number of anilines is 1. The number of carbonyl (C=O) groups is 2. The Bertz CT molecular complexity index is 896. The first-order valence-corrected chi connectivity index (χ1v) is 10.0. The fourth-order valence-corrected chi connectivity index (χ4v) is 4.17. The molecule has 0 bridgehead atoms. The van der Waals surface area contributed by atoms with Crippen molar-refractivity contribution in [3.05, 3.63) is 28.8 Å². The molecule has 2 fully saturated rings. The molecule has 2 amide bonds.